The second-order valence-corrected chi connectivity index (χ2v) is 5.46. The Balaban J connectivity index is 2.01. The Labute approximate surface area is 142 Å². The number of rotatable bonds is 3. The number of benzene rings is 2. The number of anilines is 1. The summed E-state index contributed by atoms with van der Waals surface area (Å²) in [6, 6.07) is 11.6. The Morgan fingerprint density at radius 2 is 1.92 bits per heavy atom. The van der Waals surface area contributed by atoms with E-state index in [9.17, 15) is 14.7 Å². The first-order chi connectivity index (χ1) is 11.5. The Bertz CT molecular complexity index is 849. The number of carbonyl (C=O) groups excluding carboxylic acids is 2. The van der Waals surface area contributed by atoms with Crippen LogP contribution in [0.3, 0.4) is 0 Å². The van der Waals surface area contributed by atoms with Crippen molar-refractivity contribution < 1.29 is 19.4 Å². The van der Waals surface area contributed by atoms with Gasteiger partial charge in [-0.1, -0.05) is 29.8 Å². The van der Waals surface area contributed by atoms with Gasteiger partial charge in [0, 0.05) is 16.7 Å². The molecule has 24 heavy (non-hydrogen) atoms. The first-order valence-corrected chi connectivity index (χ1v) is 7.37. The predicted octanol–water partition coefficient (Wildman–Crippen LogP) is 2.52. The minimum atomic E-state index is -0.567. The summed E-state index contributed by atoms with van der Waals surface area (Å²) in [6.45, 7) is 0. The van der Waals surface area contributed by atoms with Gasteiger partial charge < -0.3 is 9.84 Å². The number of methoxy groups -OCH3 is 1. The number of aromatic hydroxyl groups is 1. The van der Waals surface area contributed by atoms with Crippen LogP contribution in [0.4, 0.5) is 5.69 Å². The van der Waals surface area contributed by atoms with Crippen LogP contribution in [0.1, 0.15) is 5.56 Å². The van der Waals surface area contributed by atoms with Crippen molar-refractivity contribution in [2.45, 2.75) is 0 Å². The number of phenols is 1. The molecule has 2 N–H and O–H groups in total. The standard InChI is InChI=1S/C17H13ClN2O4/c1-24-14-9-11(18)7-10(15(14)21)8-13-16(22)19-20(17(13)23)12-5-3-2-4-6-12/h2-9,21H,1H3,(H,19,22)/b13-8+. The number of nitrogens with one attached hydrogen (secondary N) is 1. The number of ether oxygens (including phenoxy) is 1. The molecule has 1 aliphatic heterocycles. The van der Waals surface area contributed by atoms with E-state index in [1.165, 1.54) is 25.3 Å². The summed E-state index contributed by atoms with van der Waals surface area (Å²) < 4.78 is 5.02. The highest BCUT2D eigenvalue weighted by atomic mass is 35.5. The molecule has 2 amide bonds. The number of hydrogen-bond donors (Lipinski definition) is 2. The van der Waals surface area contributed by atoms with Crippen molar-refractivity contribution in [3.63, 3.8) is 0 Å². The van der Waals surface area contributed by atoms with Crippen molar-refractivity contribution in [2.24, 2.45) is 0 Å². The van der Waals surface area contributed by atoms with Crippen molar-refractivity contribution in [1.82, 2.24) is 5.43 Å². The highest BCUT2D eigenvalue weighted by Crippen LogP contribution is 2.35. The Morgan fingerprint density at radius 3 is 2.58 bits per heavy atom. The number of halogens is 1. The number of phenolic OH excluding ortho intramolecular Hbond substituents is 1. The van der Waals surface area contributed by atoms with Gasteiger partial charge in [-0.05, 0) is 24.3 Å². The largest absolute Gasteiger partial charge is 0.504 e. The number of amides is 2. The van der Waals surface area contributed by atoms with E-state index in [1.807, 2.05) is 0 Å². The van der Waals surface area contributed by atoms with Crippen molar-refractivity contribution in [3.8, 4) is 11.5 Å². The van der Waals surface area contributed by atoms with E-state index in [0.29, 0.717) is 10.7 Å². The molecule has 122 valence electrons. The highest BCUT2D eigenvalue weighted by molar-refractivity contribution is 6.32. The van der Waals surface area contributed by atoms with Gasteiger partial charge in [-0.25, -0.2) is 5.01 Å². The Hall–Kier alpha value is -2.99. The third kappa shape index (κ3) is 2.79. The van der Waals surface area contributed by atoms with Gasteiger partial charge in [-0.3, -0.25) is 15.0 Å². The van der Waals surface area contributed by atoms with Crippen LogP contribution in [-0.4, -0.2) is 24.0 Å². The van der Waals surface area contributed by atoms with Gasteiger partial charge in [0.25, 0.3) is 11.8 Å². The van der Waals surface area contributed by atoms with Crippen LogP contribution in [0.2, 0.25) is 5.02 Å². The maximum atomic E-state index is 12.5. The molecule has 1 aliphatic rings. The van der Waals surface area contributed by atoms with Gasteiger partial charge in [0.15, 0.2) is 11.5 Å². The van der Waals surface area contributed by atoms with Crippen molar-refractivity contribution in [1.29, 1.82) is 0 Å². The third-order valence-corrected chi connectivity index (χ3v) is 3.71. The van der Waals surface area contributed by atoms with Crippen LogP contribution < -0.4 is 15.2 Å². The predicted molar refractivity (Wildman–Crippen MR) is 89.7 cm³/mol. The number of carbonyl (C=O) groups is 2. The van der Waals surface area contributed by atoms with E-state index < -0.39 is 11.8 Å². The summed E-state index contributed by atoms with van der Waals surface area (Å²) in [6.07, 6.45) is 1.28. The molecule has 0 saturated carbocycles. The summed E-state index contributed by atoms with van der Waals surface area (Å²) in [7, 11) is 1.38. The van der Waals surface area contributed by atoms with Gasteiger partial charge in [0.1, 0.15) is 5.57 Å². The van der Waals surface area contributed by atoms with E-state index in [0.717, 1.165) is 5.01 Å². The van der Waals surface area contributed by atoms with Crippen LogP contribution >= 0.6 is 11.6 Å². The topological polar surface area (TPSA) is 78.9 Å². The molecule has 2 aromatic rings. The third-order valence-electron chi connectivity index (χ3n) is 3.49. The Morgan fingerprint density at radius 1 is 1.21 bits per heavy atom. The molecule has 0 spiro atoms. The lowest BCUT2D eigenvalue weighted by Gasteiger charge is -2.13. The van der Waals surface area contributed by atoms with Gasteiger partial charge in [0.05, 0.1) is 12.8 Å². The van der Waals surface area contributed by atoms with Crippen LogP contribution in [0.5, 0.6) is 11.5 Å². The first kappa shape index (κ1) is 15.9. The molecule has 0 bridgehead atoms. The van der Waals surface area contributed by atoms with Crippen LogP contribution in [0.15, 0.2) is 48.0 Å². The average molecular weight is 345 g/mol. The summed E-state index contributed by atoms with van der Waals surface area (Å²) in [5, 5.41) is 11.6. The molecule has 1 saturated heterocycles. The van der Waals surface area contributed by atoms with Gasteiger partial charge >= 0.3 is 0 Å². The van der Waals surface area contributed by atoms with E-state index >= 15 is 0 Å². The van der Waals surface area contributed by atoms with Crippen LogP contribution in [0, 0.1) is 0 Å². The fraction of sp³-hybridized carbons (Fsp3) is 0.0588. The number of para-hydroxylation sites is 1. The van der Waals surface area contributed by atoms with Crippen LogP contribution in [-0.2, 0) is 9.59 Å². The number of hydrazine groups is 1. The molecule has 1 heterocycles. The molecule has 0 unspecified atom stereocenters. The van der Waals surface area contributed by atoms with E-state index in [4.69, 9.17) is 16.3 Å². The smallest absolute Gasteiger partial charge is 0.282 e. The maximum absolute atomic E-state index is 12.5. The van der Waals surface area contributed by atoms with Gasteiger partial charge in [0.2, 0.25) is 0 Å². The molecule has 0 radical (unpaired) electrons. The first-order valence-electron chi connectivity index (χ1n) is 7.00. The molecule has 0 atom stereocenters. The quantitative estimate of drug-likeness (QED) is 0.662. The maximum Gasteiger partial charge on any atom is 0.282 e. The Kier molecular flexibility index (Phi) is 4.14. The number of nitrogens with zero attached hydrogens (tertiary/aromatic N) is 1. The molecule has 6 nitrogen and oxygen atoms in total. The van der Waals surface area contributed by atoms with E-state index in [2.05, 4.69) is 5.43 Å². The summed E-state index contributed by atoms with van der Waals surface area (Å²) in [4.78, 5) is 24.6. The molecular formula is C17H13ClN2O4. The molecule has 1 fully saturated rings. The van der Waals surface area contributed by atoms with Crippen molar-refractivity contribution in [2.75, 3.05) is 12.1 Å². The van der Waals surface area contributed by atoms with E-state index in [-0.39, 0.29) is 22.6 Å². The fourth-order valence-electron chi connectivity index (χ4n) is 2.33. The fourth-order valence-corrected chi connectivity index (χ4v) is 2.55. The summed E-state index contributed by atoms with van der Waals surface area (Å²) >= 11 is 5.97. The number of hydrogen-bond acceptors (Lipinski definition) is 4. The second-order valence-electron chi connectivity index (χ2n) is 5.02. The molecule has 3 rings (SSSR count). The van der Waals surface area contributed by atoms with Crippen molar-refractivity contribution >= 4 is 35.2 Å². The normalized spacial score (nSPS) is 15.8. The van der Waals surface area contributed by atoms with Crippen molar-refractivity contribution in [3.05, 3.63) is 58.6 Å². The average Bonchev–Trinajstić information content (AvgIpc) is 2.86. The SMILES string of the molecule is COc1cc(Cl)cc(/C=C2\C(=O)NN(c3ccccc3)C2=O)c1O. The highest BCUT2D eigenvalue weighted by Gasteiger charge is 2.34. The zero-order valence-electron chi connectivity index (χ0n) is 12.6. The minimum Gasteiger partial charge on any atom is -0.504 e. The second kappa shape index (κ2) is 6.25. The molecule has 7 heteroatoms. The minimum absolute atomic E-state index is 0.113. The zero-order valence-corrected chi connectivity index (χ0v) is 13.4. The van der Waals surface area contributed by atoms with Gasteiger partial charge in [-0.15, -0.1) is 0 Å². The molecule has 2 aromatic carbocycles. The summed E-state index contributed by atoms with van der Waals surface area (Å²) in [5.74, 6) is -1.14. The van der Waals surface area contributed by atoms with Gasteiger partial charge in [-0.2, -0.15) is 0 Å². The van der Waals surface area contributed by atoms with E-state index in [1.54, 1.807) is 30.3 Å². The molecule has 0 aromatic heterocycles. The molecular weight excluding hydrogens is 332 g/mol. The lowest BCUT2D eigenvalue weighted by atomic mass is 10.1. The molecule has 0 aliphatic carbocycles. The lowest BCUT2D eigenvalue weighted by molar-refractivity contribution is -0.117. The van der Waals surface area contributed by atoms with Crippen LogP contribution in [0.25, 0.3) is 6.08 Å². The lowest BCUT2D eigenvalue weighted by Crippen LogP contribution is -2.35. The zero-order chi connectivity index (χ0) is 17.3. The summed E-state index contributed by atoms with van der Waals surface area (Å²) in [5.41, 5.74) is 3.12. The monoisotopic (exact) mass is 344 g/mol.